The van der Waals surface area contributed by atoms with Crippen LogP contribution < -0.4 is 5.32 Å². The molecule has 0 heterocycles. The Kier molecular flexibility index (Phi) is 3.69. The third kappa shape index (κ3) is 2.93. The molecule has 0 unspecified atom stereocenters. The molecule has 0 aliphatic heterocycles. The second-order valence-electron chi connectivity index (χ2n) is 4.51. The minimum Gasteiger partial charge on any atom is -0.381 e. The third-order valence-corrected chi connectivity index (χ3v) is 3.01. The van der Waals surface area contributed by atoms with Crippen molar-refractivity contribution in [3.63, 3.8) is 0 Å². The maximum Gasteiger partial charge on any atom is 0.0403 e. The number of terminal acetylenes is 1. The van der Waals surface area contributed by atoms with E-state index >= 15 is 0 Å². The van der Waals surface area contributed by atoms with E-state index in [1.54, 1.807) is 0 Å². The van der Waals surface area contributed by atoms with Crippen LogP contribution in [-0.4, -0.2) is 0 Å². The molecular formula is C17H17N. The number of hydrogen-bond donors (Lipinski definition) is 1. The fraction of sp³-hybridized carbons (Fsp3) is 0.176. The van der Waals surface area contributed by atoms with E-state index in [0.717, 1.165) is 17.8 Å². The number of rotatable bonds is 3. The Morgan fingerprint density at radius 3 is 2.67 bits per heavy atom. The van der Waals surface area contributed by atoms with Gasteiger partial charge in [-0.2, -0.15) is 0 Å². The van der Waals surface area contributed by atoms with Gasteiger partial charge >= 0.3 is 0 Å². The molecule has 0 aliphatic carbocycles. The highest BCUT2D eigenvalue weighted by Crippen LogP contribution is 2.14. The Morgan fingerprint density at radius 1 is 1.11 bits per heavy atom. The van der Waals surface area contributed by atoms with Crippen LogP contribution in [0.5, 0.6) is 0 Å². The summed E-state index contributed by atoms with van der Waals surface area (Å²) in [6.07, 6.45) is 5.39. The second-order valence-corrected chi connectivity index (χ2v) is 4.51. The van der Waals surface area contributed by atoms with Crippen LogP contribution in [-0.2, 0) is 6.54 Å². The molecule has 0 fully saturated rings. The summed E-state index contributed by atoms with van der Waals surface area (Å²) >= 11 is 0. The summed E-state index contributed by atoms with van der Waals surface area (Å²) in [4.78, 5) is 0. The Morgan fingerprint density at radius 2 is 1.94 bits per heavy atom. The predicted octanol–water partition coefficient (Wildman–Crippen LogP) is 3.90. The number of anilines is 1. The Balaban J connectivity index is 2.09. The molecule has 1 nitrogen and oxygen atoms in total. The maximum atomic E-state index is 5.39. The zero-order chi connectivity index (χ0) is 13.0. The van der Waals surface area contributed by atoms with Gasteiger partial charge in [0.25, 0.3) is 0 Å². The first kappa shape index (κ1) is 12.3. The van der Waals surface area contributed by atoms with Gasteiger partial charge in [-0.05, 0) is 43.2 Å². The molecule has 1 heteroatoms. The summed E-state index contributed by atoms with van der Waals surface area (Å²) in [7, 11) is 0. The lowest BCUT2D eigenvalue weighted by Crippen LogP contribution is -2.01. The van der Waals surface area contributed by atoms with Crippen molar-refractivity contribution < 1.29 is 0 Å². The van der Waals surface area contributed by atoms with Crippen LogP contribution in [0.3, 0.4) is 0 Å². The zero-order valence-corrected chi connectivity index (χ0v) is 10.8. The third-order valence-electron chi connectivity index (χ3n) is 3.01. The SMILES string of the molecule is C#Cc1cccc(NCc2ccc(C)cc2C)c1. The van der Waals surface area contributed by atoms with E-state index in [9.17, 15) is 0 Å². The number of aryl methyl sites for hydroxylation is 2. The van der Waals surface area contributed by atoms with Gasteiger partial charge in [0.2, 0.25) is 0 Å². The standard InChI is InChI=1S/C17H17N/c1-4-15-6-5-7-17(11-15)18-12-16-9-8-13(2)10-14(16)3/h1,5-11,18H,12H2,2-3H3. The topological polar surface area (TPSA) is 12.0 Å². The van der Waals surface area contributed by atoms with Gasteiger partial charge in [-0.1, -0.05) is 35.7 Å². The van der Waals surface area contributed by atoms with Crippen LogP contribution in [0.25, 0.3) is 0 Å². The first-order valence-electron chi connectivity index (χ1n) is 6.06. The average molecular weight is 235 g/mol. The predicted molar refractivity (Wildman–Crippen MR) is 77.6 cm³/mol. The van der Waals surface area contributed by atoms with Crippen molar-refractivity contribution in [3.8, 4) is 12.3 Å². The summed E-state index contributed by atoms with van der Waals surface area (Å²) in [5.74, 6) is 2.64. The molecule has 0 aliphatic rings. The first-order chi connectivity index (χ1) is 8.69. The molecule has 0 radical (unpaired) electrons. The lowest BCUT2D eigenvalue weighted by Gasteiger charge is -2.10. The van der Waals surface area contributed by atoms with Crippen molar-refractivity contribution >= 4 is 5.69 Å². The Bertz CT molecular complexity index is 591. The zero-order valence-electron chi connectivity index (χ0n) is 10.8. The summed E-state index contributed by atoms with van der Waals surface area (Å²) in [6, 6.07) is 14.4. The van der Waals surface area contributed by atoms with Crippen molar-refractivity contribution in [1.82, 2.24) is 0 Å². The molecule has 0 atom stereocenters. The van der Waals surface area contributed by atoms with Crippen molar-refractivity contribution in [3.05, 3.63) is 64.7 Å². The summed E-state index contributed by atoms with van der Waals surface area (Å²) in [5, 5.41) is 3.40. The van der Waals surface area contributed by atoms with E-state index in [1.807, 2.05) is 24.3 Å². The van der Waals surface area contributed by atoms with Crippen LogP contribution in [0.2, 0.25) is 0 Å². The van der Waals surface area contributed by atoms with Gasteiger partial charge in [-0.3, -0.25) is 0 Å². The van der Waals surface area contributed by atoms with Crippen molar-refractivity contribution in [1.29, 1.82) is 0 Å². The Labute approximate surface area is 109 Å². The lowest BCUT2D eigenvalue weighted by atomic mass is 10.1. The summed E-state index contributed by atoms with van der Waals surface area (Å²) in [5.41, 5.74) is 5.89. The Hall–Kier alpha value is -2.20. The van der Waals surface area contributed by atoms with Crippen LogP contribution in [0.1, 0.15) is 22.3 Å². The molecule has 0 spiro atoms. The van der Waals surface area contributed by atoms with E-state index in [-0.39, 0.29) is 0 Å². The summed E-state index contributed by atoms with van der Waals surface area (Å²) < 4.78 is 0. The van der Waals surface area contributed by atoms with E-state index in [2.05, 4.69) is 43.3 Å². The molecule has 2 aromatic carbocycles. The van der Waals surface area contributed by atoms with Crippen molar-refractivity contribution in [2.75, 3.05) is 5.32 Å². The smallest absolute Gasteiger partial charge is 0.0403 e. The van der Waals surface area contributed by atoms with Crippen LogP contribution in [0.15, 0.2) is 42.5 Å². The lowest BCUT2D eigenvalue weighted by molar-refractivity contribution is 1.11. The van der Waals surface area contributed by atoms with E-state index < -0.39 is 0 Å². The number of hydrogen-bond acceptors (Lipinski definition) is 1. The van der Waals surface area contributed by atoms with E-state index in [0.29, 0.717) is 0 Å². The molecule has 90 valence electrons. The van der Waals surface area contributed by atoms with Crippen LogP contribution >= 0.6 is 0 Å². The normalized spacial score (nSPS) is 9.83. The highest BCUT2D eigenvalue weighted by Gasteiger charge is 1.99. The monoisotopic (exact) mass is 235 g/mol. The first-order valence-corrected chi connectivity index (χ1v) is 6.06. The van der Waals surface area contributed by atoms with Gasteiger partial charge in [-0.15, -0.1) is 6.42 Å². The number of benzene rings is 2. The highest BCUT2D eigenvalue weighted by atomic mass is 14.9. The summed E-state index contributed by atoms with van der Waals surface area (Å²) in [6.45, 7) is 5.07. The quantitative estimate of drug-likeness (QED) is 0.796. The fourth-order valence-electron chi connectivity index (χ4n) is 1.96. The largest absolute Gasteiger partial charge is 0.381 e. The van der Waals surface area contributed by atoms with Crippen LogP contribution in [0, 0.1) is 26.2 Å². The molecule has 2 rings (SSSR count). The maximum absolute atomic E-state index is 5.39. The minimum atomic E-state index is 0.820. The molecule has 0 saturated carbocycles. The molecule has 0 aromatic heterocycles. The van der Waals surface area contributed by atoms with Gasteiger partial charge in [0, 0.05) is 17.8 Å². The molecule has 18 heavy (non-hydrogen) atoms. The molecular weight excluding hydrogens is 218 g/mol. The highest BCUT2D eigenvalue weighted by molar-refractivity contribution is 5.50. The van der Waals surface area contributed by atoms with Crippen molar-refractivity contribution in [2.24, 2.45) is 0 Å². The molecule has 0 amide bonds. The van der Waals surface area contributed by atoms with Gasteiger partial charge in [-0.25, -0.2) is 0 Å². The molecule has 0 saturated heterocycles. The van der Waals surface area contributed by atoms with Crippen LogP contribution in [0.4, 0.5) is 5.69 Å². The minimum absolute atomic E-state index is 0.820. The fourth-order valence-corrected chi connectivity index (χ4v) is 1.96. The van der Waals surface area contributed by atoms with Gasteiger partial charge in [0.1, 0.15) is 0 Å². The van der Waals surface area contributed by atoms with Crippen molar-refractivity contribution in [2.45, 2.75) is 20.4 Å². The molecule has 2 aromatic rings. The average Bonchev–Trinajstić information content (AvgIpc) is 2.38. The van der Waals surface area contributed by atoms with Gasteiger partial charge in [0.15, 0.2) is 0 Å². The number of nitrogens with one attached hydrogen (secondary N) is 1. The molecule has 0 bridgehead atoms. The van der Waals surface area contributed by atoms with Gasteiger partial charge < -0.3 is 5.32 Å². The molecule has 1 N–H and O–H groups in total. The van der Waals surface area contributed by atoms with E-state index in [4.69, 9.17) is 6.42 Å². The van der Waals surface area contributed by atoms with E-state index in [1.165, 1.54) is 16.7 Å². The van der Waals surface area contributed by atoms with Gasteiger partial charge in [0.05, 0.1) is 0 Å². The second kappa shape index (κ2) is 5.42.